The molecule has 0 bridgehead atoms. The van der Waals surface area contributed by atoms with E-state index in [2.05, 4.69) is 10.1 Å². The smallest absolute Gasteiger partial charge is 0.411 e. The van der Waals surface area contributed by atoms with Gasteiger partial charge in [0, 0.05) is 23.9 Å². The summed E-state index contributed by atoms with van der Waals surface area (Å²) >= 11 is 0. The highest BCUT2D eigenvalue weighted by molar-refractivity contribution is 6.01. The topological polar surface area (TPSA) is 45.5 Å². The number of alkyl halides is 3. The summed E-state index contributed by atoms with van der Waals surface area (Å²) in [6, 6.07) is 7.45. The summed E-state index contributed by atoms with van der Waals surface area (Å²) in [6.07, 6.45) is -3.77. The number of halogens is 4. The Morgan fingerprint density at radius 1 is 1.19 bits per heavy atom. The van der Waals surface area contributed by atoms with E-state index in [1.54, 1.807) is 0 Å². The monoisotopic (exact) mass is 298 g/mol. The Hall–Kier alpha value is -2.44. The predicted molar refractivity (Wildman–Crippen MR) is 67.7 cm³/mol. The molecule has 1 heterocycles. The van der Waals surface area contributed by atoms with Crippen molar-refractivity contribution in [1.82, 2.24) is 4.98 Å². The number of hydrogen-bond donors (Lipinski definition) is 1. The molecule has 2 rings (SSSR count). The summed E-state index contributed by atoms with van der Waals surface area (Å²) in [5.41, 5.74) is -0.138. The van der Waals surface area contributed by atoms with E-state index < -0.39 is 17.6 Å². The summed E-state index contributed by atoms with van der Waals surface area (Å²) in [4.78, 5) is 3.68. The number of aromatic nitrogens is 1. The van der Waals surface area contributed by atoms with Crippen LogP contribution < -0.4 is 0 Å². The van der Waals surface area contributed by atoms with Crippen molar-refractivity contribution in [2.45, 2.75) is 12.6 Å². The maximum atomic E-state index is 13.1. The number of oxime groups is 1. The minimum absolute atomic E-state index is 0.0158. The van der Waals surface area contributed by atoms with Crippen LogP contribution in [0.15, 0.2) is 47.8 Å². The van der Waals surface area contributed by atoms with E-state index in [0.717, 1.165) is 6.07 Å². The molecule has 0 aliphatic heterocycles. The zero-order valence-electron chi connectivity index (χ0n) is 10.6. The van der Waals surface area contributed by atoms with Crippen molar-refractivity contribution in [2.24, 2.45) is 5.16 Å². The molecule has 0 amide bonds. The standard InChI is InChI=1S/C14H10F4N2O/c15-11-3-1-2-9(6-11)13(20-21)7-12-5-4-10(8-19-12)14(16,17)18/h1-6,8,21H,7H2/b20-13-. The fourth-order valence-corrected chi connectivity index (χ4v) is 1.73. The minimum Gasteiger partial charge on any atom is -0.411 e. The first-order chi connectivity index (χ1) is 9.90. The van der Waals surface area contributed by atoms with E-state index >= 15 is 0 Å². The molecule has 0 saturated carbocycles. The lowest BCUT2D eigenvalue weighted by molar-refractivity contribution is -0.137. The van der Waals surface area contributed by atoms with E-state index in [-0.39, 0.29) is 17.8 Å². The van der Waals surface area contributed by atoms with Crippen LogP contribution in [0.25, 0.3) is 0 Å². The van der Waals surface area contributed by atoms with Crippen LogP contribution in [0.4, 0.5) is 17.6 Å². The fraction of sp³-hybridized carbons (Fsp3) is 0.143. The maximum absolute atomic E-state index is 13.1. The molecule has 0 spiro atoms. The van der Waals surface area contributed by atoms with Crippen LogP contribution in [0.2, 0.25) is 0 Å². The van der Waals surface area contributed by atoms with Gasteiger partial charge in [-0.2, -0.15) is 13.2 Å². The highest BCUT2D eigenvalue weighted by atomic mass is 19.4. The van der Waals surface area contributed by atoms with E-state index in [1.165, 1.54) is 30.3 Å². The number of nitrogens with zero attached hydrogens (tertiary/aromatic N) is 2. The van der Waals surface area contributed by atoms with Gasteiger partial charge in [-0.1, -0.05) is 17.3 Å². The molecule has 3 nitrogen and oxygen atoms in total. The van der Waals surface area contributed by atoms with E-state index in [1.807, 2.05) is 0 Å². The minimum atomic E-state index is -4.46. The fourth-order valence-electron chi connectivity index (χ4n) is 1.73. The molecule has 0 atom stereocenters. The molecule has 2 aromatic rings. The average molecular weight is 298 g/mol. The molecule has 0 fully saturated rings. The molecule has 7 heteroatoms. The van der Waals surface area contributed by atoms with Gasteiger partial charge in [0.1, 0.15) is 5.82 Å². The third-order valence-corrected chi connectivity index (χ3v) is 2.78. The van der Waals surface area contributed by atoms with Gasteiger partial charge in [0.15, 0.2) is 0 Å². The van der Waals surface area contributed by atoms with Crippen LogP contribution in [0.5, 0.6) is 0 Å². The summed E-state index contributed by atoms with van der Waals surface area (Å²) in [7, 11) is 0. The molecule has 0 aliphatic carbocycles. The lowest BCUT2D eigenvalue weighted by atomic mass is 10.0. The van der Waals surface area contributed by atoms with Crippen LogP contribution in [0.3, 0.4) is 0 Å². The van der Waals surface area contributed by atoms with Gasteiger partial charge >= 0.3 is 6.18 Å². The molecular formula is C14H10F4N2O. The molecule has 0 saturated heterocycles. The summed E-state index contributed by atoms with van der Waals surface area (Å²) in [6.45, 7) is 0. The largest absolute Gasteiger partial charge is 0.417 e. The average Bonchev–Trinajstić information content (AvgIpc) is 2.44. The quantitative estimate of drug-likeness (QED) is 0.407. The third kappa shape index (κ3) is 3.77. The molecule has 110 valence electrons. The van der Waals surface area contributed by atoms with Crippen LogP contribution in [0.1, 0.15) is 16.8 Å². The van der Waals surface area contributed by atoms with Gasteiger partial charge in [-0.05, 0) is 24.3 Å². The van der Waals surface area contributed by atoms with Crippen LogP contribution in [0, 0.1) is 5.82 Å². The Bertz CT molecular complexity index is 651. The third-order valence-electron chi connectivity index (χ3n) is 2.78. The molecular weight excluding hydrogens is 288 g/mol. The van der Waals surface area contributed by atoms with Gasteiger partial charge in [-0.25, -0.2) is 4.39 Å². The Balaban J connectivity index is 2.20. The van der Waals surface area contributed by atoms with Gasteiger partial charge in [0.05, 0.1) is 11.3 Å². The highest BCUT2D eigenvalue weighted by Crippen LogP contribution is 2.28. The van der Waals surface area contributed by atoms with Crippen molar-refractivity contribution in [1.29, 1.82) is 0 Å². The van der Waals surface area contributed by atoms with Crippen molar-refractivity contribution in [2.75, 3.05) is 0 Å². The lowest BCUT2D eigenvalue weighted by Crippen LogP contribution is -2.09. The van der Waals surface area contributed by atoms with Crippen molar-refractivity contribution < 1.29 is 22.8 Å². The maximum Gasteiger partial charge on any atom is 0.417 e. The first-order valence-corrected chi connectivity index (χ1v) is 5.89. The second-order valence-electron chi connectivity index (χ2n) is 4.27. The predicted octanol–water partition coefficient (Wildman–Crippen LogP) is 3.66. The molecule has 1 N–H and O–H groups in total. The first kappa shape index (κ1) is 15.0. The molecule has 0 unspecified atom stereocenters. The lowest BCUT2D eigenvalue weighted by Gasteiger charge is -2.08. The molecule has 1 aromatic carbocycles. The second-order valence-corrected chi connectivity index (χ2v) is 4.27. The molecule has 0 radical (unpaired) electrons. The number of benzene rings is 1. The number of rotatable bonds is 3. The Morgan fingerprint density at radius 3 is 2.48 bits per heavy atom. The van der Waals surface area contributed by atoms with Crippen LogP contribution in [-0.2, 0) is 12.6 Å². The van der Waals surface area contributed by atoms with Crippen molar-refractivity contribution >= 4 is 5.71 Å². The van der Waals surface area contributed by atoms with Crippen LogP contribution >= 0.6 is 0 Å². The first-order valence-electron chi connectivity index (χ1n) is 5.89. The summed E-state index contributed by atoms with van der Waals surface area (Å²) in [5, 5.41) is 12.0. The van der Waals surface area contributed by atoms with E-state index in [4.69, 9.17) is 5.21 Å². The van der Waals surface area contributed by atoms with Crippen molar-refractivity contribution in [3.05, 3.63) is 65.2 Å². The number of pyridine rings is 1. The van der Waals surface area contributed by atoms with Gasteiger partial charge in [-0.15, -0.1) is 0 Å². The molecule has 21 heavy (non-hydrogen) atoms. The Kier molecular flexibility index (Phi) is 4.21. The van der Waals surface area contributed by atoms with Gasteiger partial charge in [0.2, 0.25) is 0 Å². The Morgan fingerprint density at radius 2 is 1.95 bits per heavy atom. The SMILES string of the molecule is O/N=C(/Cc1ccc(C(F)(F)F)cn1)c1cccc(F)c1. The van der Waals surface area contributed by atoms with E-state index in [9.17, 15) is 17.6 Å². The zero-order valence-corrected chi connectivity index (χ0v) is 10.6. The van der Waals surface area contributed by atoms with Crippen molar-refractivity contribution in [3.63, 3.8) is 0 Å². The van der Waals surface area contributed by atoms with E-state index in [0.29, 0.717) is 11.8 Å². The zero-order chi connectivity index (χ0) is 15.5. The summed E-state index contributed by atoms with van der Waals surface area (Å²) < 4.78 is 50.3. The van der Waals surface area contributed by atoms with Crippen LogP contribution in [-0.4, -0.2) is 15.9 Å². The normalized spacial score (nSPS) is 12.5. The Labute approximate surface area is 117 Å². The second kappa shape index (κ2) is 5.90. The van der Waals surface area contributed by atoms with Gasteiger partial charge in [0.25, 0.3) is 0 Å². The number of hydrogen-bond acceptors (Lipinski definition) is 3. The van der Waals surface area contributed by atoms with Gasteiger partial charge in [-0.3, -0.25) is 4.98 Å². The highest BCUT2D eigenvalue weighted by Gasteiger charge is 2.30. The van der Waals surface area contributed by atoms with Gasteiger partial charge < -0.3 is 5.21 Å². The summed E-state index contributed by atoms with van der Waals surface area (Å²) in [5.74, 6) is -0.506. The molecule has 0 aliphatic rings. The van der Waals surface area contributed by atoms with Crippen molar-refractivity contribution in [3.8, 4) is 0 Å². The molecule has 1 aromatic heterocycles.